The van der Waals surface area contributed by atoms with Crippen molar-refractivity contribution in [2.75, 3.05) is 7.11 Å². The van der Waals surface area contributed by atoms with E-state index in [9.17, 15) is 0 Å². The number of hydrogen-bond acceptors (Lipinski definition) is 4. The van der Waals surface area contributed by atoms with Crippen molar-refractivity contribution >= 4 is 22.7 Å². The fraction of sp³-hybridized carbons (Fsp3) is 0.0588. The van der Waals surface area contributed by atoms with Gasteiger partial charge in [0.2, 0.25) is 5.89 Å². The van der Waals surface area contributed by atoms with Gasteiger partial charge < -0.3 is 9.15 Å². The number of aromatic nitrogens is 2. The highest BCUT2D eigenvalue weighted by molar-refractivity contribution is 6.50. The van der Waals surface area contributed by atoms with Crippen LogP contribution in [0.3, 0.4) is 0 Å². The Bertz CT molecular complexity index is 797. The Balaban J connectivity index is 1.87. The van der Waals surface area contributed by atoms with Crippen molar-refractivity contribution in [2.45, 2.75) is 0 Å². The zero-order valence-electron chi connectivity index (χ0n) is 11.9. The van der Waals surface area contributed by atoms with E-state index in [0.717, 1.165) is 16.9 Å². The van der Waals surface area contributed by atoms with Crippen molar-refractivity contribution in [3.05, 3.63) is 66.1 Å². The summed E-state index contributed by atoms with van der Waals surface area (Å²) in [5.41, 5.74) is 1.75. The molecule has 0 unspecified atom stereocenters. The molecule has 2 aromatic carbocycles. The number of hydrogen-bond donors (Lipinski definition) is 0. The van der Waals surface area contributed by atoms with Gasteiger partial charge in [0.1, 0.15) is 10.8 Å². The largest absolute Gasteiger partial charge is 0.497 e. The maximum atomic E-state index is 6.26. The Morgan fingerprint density at radius 3 is 2.68 bits per heavy atom. The van der Waals surface area contributed by atoms with Crippen LogP contribution in [-0.4, -0.2) is 17.3 Å². The number of methoxy groups -OCH3 is 1. The topological polar surface area (TPSA) is 48.2 Å². The smallest absolute Gasteiger partial charge is 0.259 e. The maximum Gasteiger partial charge on any atom is 0.259 e. The van der Waals surface area contributed by atoms with E-state index in [1.807, 2.05) is 54.6 Å². The van der Waals surface area contributed by atoms with E-state index in [2.05, 4.69) is 10.2 Å². The van der Waals surface area contributed by atoms with Gasteiger partial charge in [0.05, 0.1) is 7.11 Å². The van der Waals surface area contributed by atoms with Crippen molar-refractivity contribution in [1.29, 1.82) is 0 Å². The highest BCUT2D eigenvalue weighted by Gasteiger charge is 2.11. The van der Waals surface area contributed by atoms with Crippen molar-refractivity contribution in [3.63, 3.8) is 0 Å². The molecule has 1 heterocycles. The third-order valence-corrected chi connectivity index (χ3v) is 3.31. The summed E-state index contributed by atoms with van der Waals surface area (Å²) in [7, 11) is 1.62. The number of rotatable bonds is 4. The van der Waals surface area contributed by atoms with Crippen LogP contribution in [0.4, 0.5) is 0 Å². The highest BCUT2D eigenvalue weighted by atomic mass is 35.5. The summed E-state index contributed by atoms with van der Waals surface area (Å²) in [4.78, 5) is 0. The lowest BCUT2D eigenvalue weighted by molar-refractivity contribution is 0.414. The lowest BCUT2D eigenvalue weighted by Crippen LogP contribution is -1.83. The molecule has 4 nitrogen and oxygen atoms in total. The second kappa shape index (κ2) is 6.45. The first-order valence-corrected chi connectivity index (χ1v) is 7.04. The van der Waals surface area contributed by atoms with Gasteiger partial charge >= 0.3 is 0 Å². The van der Waals surface area contributed by atoms with E-state index in [4.69, 9.17) is 20.8 Å². The van der Waals surface area contributed by atoms with Crippen LogP contribution in [0.5, 0.6) is 5.75 Å². The first-order chi connectivity index (χ1) is 10.8. The molecule has 0 radical (unpaired) electrons. The number of benzene rings is 2. The molecule has 0 fully saturated rings. The molecule has 5 heteroatoms. The van der Waals surface area contributed by atoms with Crippen LogP contribution < -0.4 is 4.74 Å². The molecule has 3 rings (SSSR count). The minimum Gasteiger partial charge on any atom is -0.497 e. The van der Waals surface area contributed by atoms with Gasteiger partial charge in [-0.1, -0.05) is 41.9 Å². The second-order valence-electron chi connectivity index (χ2n) is 4.55. The molecular weight excluding hydrogens is 300 g/mol. The Morgan fingerprint density at radius 1 is 1.09 bits per heavy atom. The zero-order chi connectivity index (χ0) is 15.4. The number of nitrogens with zero attached hydrogens (tertiary/aromatic N) is 2. The van der Waals surface area contributed by atoms with E-state index < -0.39 is 0 Å². The molecule has 1 aromatic heterocycles. The van der Waals surface area contributed by atoms with Crippen molar-refractivity contribution in [1.82, 2.24) is 10.2 Å². The minimum absolute atomic E-state index is 0.281. The van der Waals surface area contributed by atoms with Crippen LogP contribution in [0.25, 0.3) is 22.6 Å². The van der Waals surface area contributed by atoms with Crippen LogP contribution in [0.2, 0.25) is 0 Å². The number of ether oxygens (including phenoxy) is 1. The maximum absolute atomic E-state index is 6.26. The molecule has 3 aromatic rings. The van der Waals surface area contributed by atoms with E-state index >= 15 is 0 Å². The summed E-state index contributed by atoms with van der Waals surface area (Å²) >= 11 is 6.26. The first-order valence-electron chi connectivity index (χ1n) is 6.67. The molecule has 0 bridgehead atoms. The lowest BCUT2D eigenvalue weighted by Gasteiger charge is -2.00. The molecule has 0 aliphatic rings. The molecule has 0 saturated carbocycles. The standard InChI is InChI=1S/C17H13ClN2O2/c1-21-14-9-5-6-12(10-14)11-15(18)17-20-19-16(22-17)13-7-3-2-4-8-13/h2-11H,1H3/b15-11-. The van der Waals surface area contributed by atoms with Crippen LogP contribution in [0.1, 0.15) is 11.5 Å². The number of halogens is 1. The van der Waals surface area contributed by atoms with Crippen LogP contribution >= 0.6 is 11.6 Å². The molecular formula is C17H13ClN2O2. The summed E-state index contributed by atoms with van der Waals surface area (Å²) in [6, 6.07) is 17.1. The van der Waals surface area contributed by atoms with Gasteiger partial charge in [0.25, 0.3) is 5.89 Å². The fourth-order valence-electron chi connectivity index (χ4n) is 1.96. The predicted molar refractivity (Wildman–Crippen MR) is 86.5 cm³/mol. The van der Waals surface area contributed by atoms with Gasteiger partial charge in [-0.3, -0.25) is 0 Å². The van der Waals surface area contributed by atoms with Gasteiger partial charge in [-0.05, 0) is 35.9 Å². The Morgan fingerprint density at radius 2 is 1.91 bits per heavy atom. The SMILES string of the molecule is COc1cccc(/C=C(\Cl)c2nnc(-c3ccccc3)o2)c1. The third-order valence-electron chi connectivity index (χ3n) is 3.04. The lowest BCUT2D eigenvalue weighted by atomic mass is 10.2. The van der Waals surface area contributed by atoms with Crippen molar-refractivity contribution in [2.24, 2.45) is 0 Å². The molecule has 0 aliphatic carbocycles. The summed E-state index contributed by atoms with van der Waals surface area (Å²) < 4.78 is 10.8. The predicted octanol–water partition coefficient (Wildman–Crippen LogP) is 4.48. The van der Waals surface area contributed by atoms with E-state index in [1.165, 1.54) is 0 Å². The van der Waals surface area contributed by atoms with Gasteiger partial charge in [0.15, 0.2) is 0 Å². The molecule has 0 spiro atoms. The van der Waals surface area contributed by atoms with E-state index in [1.54, 1.807) is 13.2 Å². The summed E-state index contributed by atoms with van der Waals surface area (Å²) in [6.07, 6.45) is 1.76. The summed E-state index contributed by atoms with van der Waals surface area (Å²) in [5, 5.41) is 8.38. The fourth-order valence-corrected chi connectivity index (χ4v) is 2.16. The molecule has 0 saturated heterocycles. The Hall–Kier alpha value is -2.59. The van der Waals surface area contributed by atoms with Crippen LogP contribution in [0, 0.1) is 0 Å². The third kappa shape index (κ3) is 3.18. The molecule has 0 aliphatic heterocycles. The highest BCUT2D eigenvalue weighted by Crippen LogP contribution is 2.25. The van der Waals surface area contributed by atoms with Crippen LogP contribution in [0.15, 0.2) is 59.0 Å². The quantitative estimate of drug-likeness (QED) is 0.712. The van der Waals surface area contributed by atoms with Crippen molar-refractivity contribution < 1.29 is 9.15 Å². The summed E-state index contributed by atoms with van der Waals surface area (Å²) in [5.74, 6) is 1.48. The molecule has 0 atom stereocenters. The Kier molecular flexibility index (Phi) is 4.21. The van der Waals surface area contributed by atoms with Gasteiger partial charge in [-0.15, -0.1) is 10.2 Å². The van der Waals surface area contributed by atoms with Gasteiger partial charge in [-0.2, -0.15) is 0 Å². The van der Waals surface area contributed by atoms with E-state index in [-0.39, 0.29) is 5.89 Å². The van der Waals surface area contributed by atoms with Crippen LogP contribution in [-0.2, 0) is 0 Å². The second-order valence-corrected chi connectivity index (χ2v) is 4.95. The van der Waals surface area contributed by atoms with Gasteiger partial charge in [-0.25, -0.2) is 0 Å². The zero-order valence-corrected chi connectivity index (χ0v) is 12.6. The average Bonchev–Trinajstić information content (AvgIpc) is 3.06. The van der Waals surface area contributed by atoms with Gasteiger partial charge in [0, 0.05) is 5.56 Å². The Labute approximate surface area is 133 Å². The monoisotopic (exact) mass is 312 g/mol. The average molecular weight is 313 g/mol. The van der Waals surface area contributed by atoms with Crippen molar-refractivity contribution in [3.8, 4) is 17.2 Å². The van der Waals surface area contributed by atoms with E-state index in [0.29, 0.717) is 10.9 Å². The summed E-state index contributed by atoms with van der Waals surface area (Å²) in [6.45, 7) is 0. The normalized spacial score (nSPS) is 11.5. The molecule has 22 heavy (non-hydrogen) atoms. The first kappa shape index (κ1) is 14.4. The molecule has 110 valence electrons. The molecule has 0 amide bonds. The minimum atomic E-state index is 0.281. The molecule has 0 N–H and O–H groups in total.